The second-order valence-corrected chi connectivity index (χ2v) is 14.3. The molecule has 2 aromatic heterocycles. The van der Waals surface area contributed by atoms with E-state index in [2.05, 4.69) is 48.5 Å². The summed E-state index contributed by atoms with van der Waals surface area (Å²) < 4.78 is 6.11. The van der Waals surface area contributed by atoms with E-state index in [9.17, 15) is 9.90 Å². The van der Waals surface area contributed by atoms with E-state index in [0.717, 1.165) is 70.8 Å². The van der Waals surface area contributed by atoms with Crippen LogP contribution in [0.25, 0.3) is 10.2 Å². The molecule has 1 fully saturated rings. The number of halogens is 1. The van der Waals surface area contributed by atoms with Gasteiger partial charge in [-0.25, -0.2) is 0 Å². The number of aryl methyl sites for hydroxylation is 3. The molecule has 1 saturated carbocycles. The van der Waals surface area contributed by atoms with Crippen LogP contribution >= 0.6 is 34.7 Å². The molecule has 1 aliphatic rings. The van der Waals surface area contributed by atoms with Crippen LogP contribution in [0, 0.1) is 5.41 Å². The van der Waals surface area contributed by atoms with Gasteiger partial charge in [-0.1, -0.05) is 60.1 Å². The van der Waals surface area contributed by atoms with Gasteiger partial charge in [0.2, 0.25) is 0 Å². The Kier molecular flexibility index (Phi) is 9.44. The predicted octanol–water partition coefficient (Wildman–Crippen LogP) is 8.71. The maximum absolute atomic E-state index is 12.1. The number of carbonyl (C=O) groups excluding carboxylic acids is 1. The quantitative estimate of drug-likeness (QED) is 0.154. The molecule has 0 spiro atoms. The SMILES string of the molecule is COC(=O)CC1(CSC(CCc2ccccc2C(C)(C)O)c2cccc(CCc3ccc4scc(Cl)c4n3)c2)CC1. The monoisotopic (exact) mass is 607 g/mol. The maximum Gasteiger partial charge on any atom is 0.306 e. The predicted molar refractivity (Wildman–Crippen MR) is 172 cm³/mol. The number of benzene rings is 2. The third-order valence-electron chi connectivity index (χ3n) is 8.07. The standard InChI is InChI=1S/C34H38ClNO3S2/c1-33(2,38)27-10-5-4-8-24(27)12-15-29(41-22-34(17-18-34)20-31(37)39-3)25-9-6-7-23(19-25)11-13-26-14-16-30-32(36-26)28(35)21-40-30/h4-10,14,16,19,21,29,38H,11-13,15,17-18,20,22H2,1-3H3. The summed E-state index contributed by atoms with van der Waals surface area (Å²) in [6.45, 7) is 3.70. The first-order valence-electron chi connectivity index (χ1n) is 14.3. The van der Waals surface area contributed by atoms with E-state index in [4.69, 9.17) is 21.3 Å². The summed E-state index contributed by atoms with van der Waals surface area (Å²) in [6.07, 6.45) is 6.23. The van der Waals surface area contributed by atoms with Crippen molar-refractivity contribution in [3.05, 3.63) is 99.0 Å². The summed E-state index contributed by atoms with van der Waals surface area (Å²) in [6, 6.07) is 21.4. The smallest absolute Gasteiger partial charge is 0.306 e. The number of pyridine rings is 1. The van der Waals surface area contributed by atoms with E-state index in [-0.39, 0.29) is 16.6 Å². The zero-order valence-corrected chi connectivity index (χ0v) is 26.4. The number of nitrogens with zero attached hydrogens (tertiary/aromatic N) is 1. The maximum atomic E-state index is 12.1. The lowest BCUT2D eigenvalue weighted by Crippen LogP contribution is -2.18. The number of aliphatic hydroxyl groups is 1. The van der Waals surface area contributed by atoms with E-state index in [0.29, 0.717) is 6.42 Å². The van der Waals surface area contributed by atoms with Crippen molar-refractivity contribution in [1.29, 1.82) is 0 Å². The molecule has 0 radical (unpaired) electrons. The summed E-state index contributed by atoms with van der Waals surface area (Å²) in [4.78, 5) is 16.9. The average Bonchev–Trinajstić information content (AvgIpc) is 3.63. The zero-order valence-electron chi connectivity index (χ0n) is 24.0. The van der Waals surface area contributed by atoms with Gasteiger partial charge in [0.25, 0.3) is 0 Å². The molecule has 4 nitrogen and oxygen atoms in total. The molecule has 2 heterocycles. The second-order valence-electron chi connectivity index (χ2n) is 11.8. The molecular formula is C34H38ClNO3S2. The van der Waals surface area contributed by atoms with E-state index in [1.807, 2.05) is 43.1 Å². The first-order chi connectivity index (χ1) is 19.7. The van der Waals surface area contributed by atoms with Gasteiger partial charge in [0, 0.05) is 22.1 Å². The topological polar surface area (TPSA) is 59.4 Å². The number of thioether (sulfide) groups is 1. The van der Waals surface area contributed by atoms with Gasteiger partial charge in [-0.3, -0.25) is 9.78 Å². The summed E-state index contributed by atoms with van der Waals surface area (Å²) in [5.41, 5.74) is 5.89. The number of methoxy groups -OCH3 is 1. The zero-order chi connectivity index (χ0) is 29.0. The first-order valence-corrected chi connectivity index (χ1v) is 16.6. The highest BCUT2D eigenvalue weighted by atomic mass is 35.5. The number of aromatic nitrogens is 1. The fraction of sp³-hybridized carbons (Fsp3) is 0.412. The van der Waals surface area contributed by atoms with Crippen molar-refractivity contribution in [3.63, 3.8) is 0 Å². The van der Waals surface area contributed by atoms with Gasteiger partial charge in [0.15, 0.2) is 0 Å². The first kappa shape index (κ1) is 30.1. The lowest BCUT2D eigenvalue weighted by atomic mass is 9.90. The molecule has 0 saturated heterocycles. The van der Waals surface area contributed by atoms with Crippen LogP contribution in [0.5, 0.6) is 0 Å². The minimum atomic E-state index is -0.887. The number of esters is 1. The molecule has 0 bridgehead atoms. The fourth-order valence-electron chi connectivity index (χ4n) is 5.46. The normalized spacial score (nSPS) is 15.1. The molecule has 1 atom stereocenters. The molecule has 0 aliphatic heterocycles. The summed E-state index contributed by atoms with van der Waals surface area (Å²) in [5.74, 6) is 0.825. The summed E-state index contributed by atoms with van der Waals surface area (Å²) in [7, 11) is 1.47. The lowest BCUT2D eigenvalue weighted by Gasteiger charge is -2.24. The highest BCUT2D eigenvalue weighted by molar-refractivity contribution is 7.99. The van der Waals surface area contributed by atoms with Crippen molar-refractivity contribution >= 4 is 50.9 Å². The minimum Gasteiger partial charge on any atom is -0.469 e. The molecule has 4 aromatic rings. The fourth-order valence-corrected chi connectivity index (χ4v) is 8.12. The molecule has 1 unspecified atom stereocenters. The molecule has 7 heteroatoms. The van der Waals surface area contributed by atoms with Crippen LogP contribution < -0.4 is 0 Å². The van der Waals surface area contributed by atoms with Gasteiger partial charge < -0.3 is 9.84 Å². The molecular weight excluding hydrogens is 570 g/mol. The van der Waals surface area contributed by atoms with Crippen LogP contribution in [0.1, 0.15) is 72.7 Å². The summed E-state index contributed by atoms with van der Waals surface area (Å²) >= 11 is 9.92. The Bertz CT molecular complexity index is 1510. The number of rotatable bonds is 13. The number of hydrogen-bond donors (Lipinski definition) is 1. The Morgan fingerprint density at radius 1 is 1.12 bits per heavy atom. The highest BCUT2D eigenvalue weighted by Crippen LogP contribution is 2.53. The van der Waals surface area contributed by atoms with E-state index >= 15 is 0 Å². The molecule has 0 amide bonds. The molecule has 41 heavy (non-hydrogen) atoms. The van der Waals surface area contributed by atoms with Gasteiger partial charge >= 0.3 is 5.97 Å². The summed E-state index contributed by atoms with van der Waals surface area (Å²) in [5, 5.41) is 13.7. The van der Waals surface area contributed by atoms with E-state index < -0.39 is 5.60 Å². The Balaban J connectivity index is 1.33. The second kappa shape index (κ2) is 12.9. The van der Waals surface area contributed by atoms with Gasteiger partial charge in [-0.15, -0.1) is 11.3 Å². The molecule has 2 aromatic carbocycles. The van der Waals surface area contributed by atoms with Gasteiger partial charge in [0.05, 0.1) is 34.4 Å². The largest absolute Gasteiger partial charge is 0.469 e. The van der Waals surface area contributed by atoms with E-state index in [1.54, 1.807) is 11.3 Å². The molecule has 1 N–H and O–H groups in total. The third kappa shape index (κ3) is 7.72. The molecule has 1 aliphatic carbocycles. The number of ether oxygens (including phenoxy) is 1. The van der Waals surface area contributed by atoms with Crippen molar-refractivity contribution in [2.45, 2.75) is 69.6 Å². The van der Waals surface area contributed by atoms with Crippen LogP contribution in [-0.4, -0.2) is 28.9 Å². The van der Waals surface area contributed by atoms with Gasteiger partial charge in [-0.05, 0) is 92.2 Å². The average molecular weight is 608 g/mol. The van der Waals surface area contributed by atoms with Crippen molar-refractivity contribution in [1.82, 2.24) is 4.98 Å². The Morgan fingerprint density at radius 3 is 2.68 bits per heavy atom. The molecule has 5 rings (SSSR count). The lowest BCUT2D eigenvalue weighted by molar-refractivity contribution is -0.141. The van der Waals surface area contributed by atoms with Crippen LogP contribution in [0.2, 0.25) is 5.02 Å². The highest BCUT2D eigenvalue weighted by Gasteiger charge is 2.45. The van der Waals surface area contributed by atoms with Gasteiger partial charge in [-0.2, -0.15) is 11.8 Å². The van der Waals surface area contributed by atoms with Gasteiger partial charge in [0.1, 0.15) is 0 Å². The Labute approximate surface area is 256 Å². The van der Waals surface area contributed by atoms with Crippen LogP contribution in [0.15, 0.2) is 66.0 Å². The van der Waals surface area contributed by atoms with Crippen LogP contribution in [0.3, 0.4) is 0 Å². The van der Waals surface area contributed by atoms with E-state index in [1.165, 1.54) is 23.8 Å². The Hall–Kier alpha value is -2.38. The van der Waals surface area contributed by atoms with Crippen molar-refractivity contribution in [2.24, 2.45) is 5.41 Å². The van der Waals surface area contributed by atoms with Crippen LogP contribution in [-0.2, 0) is 34.4 Å². The number of fused-ring (bicyclic) bond motifs is 1. The molecule has 216 valence electrons. The number of hydrogen-bond acceptors (Lipinski definition) is 6. The number of thiophene rings is 1. The van der Waals surface area contributed by atoms with Crippen molar-refractivity contribution < 1.29 is 14.6 Å². The minimum absolute atomic E-state index is 0.0614. The third-order valence-corrected chi connectivity index (χ3v) is 11.1. The van der Waals surface area contributed by atoms with Crippen LogP contribution in [0.4, 0.5) is 0 Å². The van der Waals surface area contributed by atoms with Crippen molar-refractivity contribution in [3.8, 4) is 0 Å². The van der Waals surface area contributed by atoms with Crippen molar-refractivity contribution in [2.75, 3.05) is 12.9 Å². The number of carbonyl (C=O) groups is 1. The Morgan fingerprint density at radius 2 is 1.93 bits per heavy atom.